The zero-order valence-electron chi connectivity index (χ0n) is 11.2. The molecule has 0 bridgehead atoms. The van der Waals surface area contributed by atoms with Crippen LogP contribution in [-0.4, -0.2) is 0 Å². The normalized spacial score (nSPS) is 15.2. The van der Waals surface area contributed by atoms with Crippen molar-refractivity contribution < 1.29 is 0 Å². The van der Waals surface area contributed by atoms with E-state index in [9.17, 15) is 0 Å². The summed E-state index contributed by atoms with van der Waals surface area (Å²) < 4.78 is 2.33. The van der Waals surface area contributed by atoms with Gasteiger partial charge in [0.1, 0.15) is 0 Å². The van der Waals surface area contributed by atoms with Crippen LogP contribution in [0.1, 0.15) is 34.7 Å². The van der Waals surface area contributed by atoms with Crippen LogP contribution in [0.5, 0.6) is 0 Å². The summed E-state index contributed by atoms with van der Waals surface area (Å²) in [5.41, 5.74) is 12.0. The van der Waals surface area contributed by atoms with Gasteiger partial charge in [0.25, 0.3) is 0 Å². The number of hydrogen-bond donors (Lipinski definition) is 1. The number of nitrogens with two attached hydrogens (primary N) is 1. The highest BCUT2D eigenvalue weighted by molar-refractivity contribution is 14.1. The maximum absolute atomic E-state index is 6.42. The minimum Gasteiger partial charge on any atom is -0.324 e. The third kappa shape index (κ3) is 3.10. The Morgan fingerprint density at radius 3 is 2.75 bits per heavy atom. The first-order valence-electron chi connectivity index (χ1n) is 6.94. The lowest BCUT2D eigenvalue weighted by Gasteiger charge is -2.15. The average Bonchev–Trinajstić information content (AvgIpc) is 2.89. The van der Waals surface area contributed by atoms with Crippen molar-refractivity contribution in [2.45, 2.75) is 31.7 Å². The van der Waals surface area contributed by atoms with Crippen LogP contribution < -0.4 is 5.73 Å². The topological polar surface area (TPSA) is 26.0 Å². The van der Waals surface area contributed by atoms with Gasteiger partial charge in [0.05, 0.1) is 0 Å². The van der Waals surface area contributed by atoms with E-state index in [-0.39, 0.29) is 6.04 Å². The van der Waals surface area contributed by atoms with Crippen molar-refractivity contribution in [3.8, 4) is 0 Å². The smallest absolute Gasteiger partial charge is 0.0346 e. The predicted octanol–water partition coefficient (Wildman–Crippen LogP) is 4.78. The van der Waals surface area contributed by atoms with E-state index in [1.807, 2.05) is 0 Å². The Kier molecular flexibility index (Phi) is 4.48. The molecule has 0 saturated heterocycles. The minimum atomic E-state index is 0.0545. The highest BCUT2D eigenvalue weighted by Gasteiger charge is 2.14. The van der Waals surface area contributed by atoms with Crippen molar-refractivity contribution in [2.24, 2.45) is 5.73 Å². The minimum absolute atomic E-state index is 0.0545. The van der Waals surface area contributed by atoms with Crippen molar-refractivity contribution >= 4 is 38.5 Å². The van der Waals surface area contributed by atoms with Gasteiger partial charge in [-0.25, -0.2) is 0 Å². The van der Waals surface area contributed by atoms with Crippen molar-refractivity contribution in [1.82, 2.24) is 0 Å². The molecule has 0 aromatic heterocycles. The summed E-state index contributed by atoms with van der Waals surface area (Å²) in [6, 6.07) is 13.3. The second-order valence-corrected chi connectivity index (χ2v) is 7.51. The lowest BCUT2D eigenvalue weighted by atomic mass is 9.97. The van der Waals surface area contributed by atoms with Crippen LogP contribution in [0.3, 0.4) is 0 Å². The second kappa shape index (κ2) is 6.16. The zero-order valence-corrected chi connectivity index (χ0v) is 14.9. The second-order valence-electron chi connectivity index (χ2n) is 5.43. The molecule has 1 aliphatic carbocycles. The van der Waals surface area contributed by atoms with Crippen molar-refractivity contribution in [3.05, 3.63) is 66.7 Å². The fraction of sp³-hybridized carbons (Fsp3) is 0.294. The summed E-state index contributed by atoms with van der Waals surface area (Å²) in [6.45, 7) is 0. The fourth-order valence-electron chi connectivity index (χ4n) is 2.91. The van der Waals surface area contributed by atoms with Gasteiger partial charge in [-0.05, 0) is 88.7 Å². The van der Waals surface area contributed by atoms with E-state index in [4.69, 9.17) is 5.73 Å². The molecule has 0 radical (unpaired) electrons. The number of rotatable bonds is 3. The number of hydrogen-bond acceptors (Lipinski definition) is 1. The predicted molar refractivity (Wildman–Crippen MR) is 96.0 cm³/mol. The van der Waals surface area contributed by atoms with Gasteiger partial charge in [-0.3, -0.25) is 0 Å². The Hall–Kier alpha value is -0.390. The Morgan fingerprint density at radius 2 is 1.90 bits per heavy atom. The van der Waals surface area contributed by atoms with Gasteiger partial charge in [0.2, 0.25) is 0 Å². The van der Waals surface area contributed by atoms with Gasteiger partial charge in [-0.15, -0.1) is 0 Å². The van der Waals surface area contributed by atoms with E-state index < -0.39 is 0 Å². The molecule has 2 N–H and O–H groups in total. The van der Waals surface area contributed by atoms with Gasteiger partial charge in [-0.2, -0.15) is 0 Å². The van der Waals surface area contributed by atoms with Crippen LogP contribution in [0.4, 0.5) is 0 Å². The van der Waals surface area contributed by atoms with Crippen molar-refractivity contribution in [3.63, 3.8) is 0 Å². The van der Waals surface area contributed by atoms with Crippen LogP contribution in [0.2, 0.25) is 0 Å². The number of halogens is 2. The Labute approximate surface area is 142 Å². The Morgan fingerprint density at radius 1 is 1.10 bits per heavy atom. The summed E-state index contributed by atoms with van der Waals surface area (Å²) in [4.78, 5) is 0. The molecule has 0 aliphatic heterocycles. The van der Waals surface area contributed by atoms with Gasteiger partial charge < -0.3 is 5.73 Å². The van der Waals surface area contributed by atoms with Crippen LogP contribution in [-0.2, 0) is 19.3 Å². The molecule has 104 valence electrons. The van der Waals surface area contributed by atoms with Crippen LogP contribution in [0, 0.1) is 3.57 Å². The molecular formula is C17H17BrIN. The molecule has 0 fully saturated rings. The molecular weight excluding hydrogens is 425 g/mol. The monoisotopic (exact) mass is 441 g/mol. The molecule has 0 spiro atoms. The van der Waals surface area contributed by atoms with E-state index in [0.717, 1.165) is 10.9 Å². The first-order valence-corrected chi connectivity index (χ1v) is 8.82. The van der Waals surface area contributed by atoms with Crippen LogP contribution in [0.15, 0.2) is 40.9 Å². The molecule has 20 heavy (non-hydrogen) atoms. The molecule has 1 nitrogen and oxygen atoms in total. The number of aryl methyl sites for hydroxylation is 2. The fourth-order valence-corrected chi connectivity index (χ4v) is 4.03. The van der Waals surface area contributed by atoms with Gasteiger partial charge in [-0.1, -0.05) is 34.1 Å². The van der Waals surface area contributed by atoms with E-state index in [1.165, 1.54) is 45.1 Å². The van der Waals surface area contributed by atoms with Crippen LogP contribution in [0.25, 0.3) is 0 Å². The lowest BCUT2D eigenvalue weighted by molar-refractivity contribution is 0.717. The summed E-state index contributed by atoms with van der Waals surface area (Å²) in [5, 5.41) is 0. The summed E-state index contributed by atoms with van der Waals surface area (Å²) in [7, 11) is 0. The molecule has 3 heteroatoms. The maximum atomic E-state index is 6.42. The molecule has 0 heterocycles. The number of fused-ring (bicyclic) bond motifs is 1. The first kappa shape index (κ1) is 14.5. The molecule has 1 unspecified atom stereocenters. The highest BCUT2D eigenvalue weighted by atomic mass is 127. The molecule has 1 atom stereocenters. The Bertz CT molecular complexity index is 639. The average molecular weight is 442 g/mol. The van der Waals surface area contributed by atoms with Gasteiger partial charge >= 0.3 is 0 Å². The molecule has 0 amide bonds. The van der Waals surface area contributed by atoms with E-state index in [1.54, 1.807) is 0 Å². The molecule has 2 aromatic carbocycles. The van der Waals surface area contributed by atoms with Gasteiger partial charge in [0, 0.05) is 14.1 Å². The molecule has 3 rings (SSSR count). The standard InChI is InChI=1S/C17H17BrIN/c18-14-6-7-16(19)15(10-14)17(20)9-11-4-5-12-2-1-3-13(12)8-11/h4-8,10,17H,1-3,9,20H2. The zero-order chi connectivity index (χ0) is 14.1. The van der Waals surface area contributed by atoms with Crippen molar-refractivity contribution in [2.75, 3.05) is 0 Å². The molecule has 0 saturated carbocycles. The lowest BCUT2D eigenvalue weighted by Crippen LogP contribution is -2.15. The third-order valence-electron chi connectivity index (χ3n) is 3.98. The number of benzene rings is 2. The molecule has 2 aromatic rings. The summed E-state index contributed by atoms with van der Waals surface area (Å²) in [6.07, 6.45) is 4.67. The Balaban J connectivity index is 1.82. The largest absolute Gasteiger partial charge is 0.324 e. The van der Waals surface area contributed by atoms with Crippen LogP contribution >= 0.6 is 38.5 Å². The van der Waals surface area contributed by atoms with E-state index in [2.05, 4.69) is 74.9 Å². The van der Waals surface area contributed by atoms with E-state index >= 15 is 0 Å². The maximum Gasteiger partial charge on any atom is 0.0346 e. The summed E-state index contributed by atoms with van der Waals surface area (Å²) >= 11 is 5.90. The van der Waals surface area contributed by atoms with Gasteiger partial charge in [0.15, 0.2) is 0 Å². The quantitative estimate of drug-likeness (QED) is 0.681. The first-order chi connectivity index (χ1) is 9.63. The summed E-state index contributed by atoms with van der Waals surface area (Å²) in [5.74, 6) is 0. The third-order valence-corrected chi connectivity index (χ3v) is 5.45. The SMILES string of the molecule is NC(Cc1ccc2c(c1)CCC2)c1cc(Br)ccc1I. The molecule has 1 aliphatic rings. The van der Waals surface area contributed by atoms with E-state index in [0.29, 0.717) is 0 Å². The highest BCUT2D eigenvalue weighted by Crippen LogP contribution is 2.27. The van der Waals surface area contributed by atoms with Crippen molar-refractivity contribution in [1.29, 1.82) is 0 Å².